The second kappa shape index (κ2) is 37.3. The Morgan fingerprint density at radius 3 is 1.11 bits per heavy atom. The molecule has 26 rings (SSSR count). The van der Waals surface area contributed by atoms with Crippen molar-refractivity contribution in [2.45, 2.75) is 286 Å². The van der Waals surface area contributed by atoms with Crippen LogP contribution < -0.4 is 0 Å². The molecule has 20 fully saturated rings. The fraction of sp³-hybridized carbons (Fsp3) is 0.822. The van der Waals surface area contributed by atoms with Gasteiger partial charge in [-0.05, 0) is 385 Å². The number of carbonyl (C=O) groups excluding carboxylic acids is 7. The first-order valence-corrected chi connectivity index (χ1v) is 51.8. The van der Waals surface area contributed by atoms with Gasteiger partial charge in [0.2, 0.25) is 0 Å². The molecule has 0 spiro atoms. The number of aliphatic hydroxyl groups is 5. The Bertz CT molecular complexity index is 4330. The summed E-state index contributed by atoms with van der Waals surface area (Å²) >= 11 is 0. The van der Waals surface area contributed by atoms with E-state index in [1.165, 1.54) is 77.6 Å². The van der Waals surface area contributed by atoms with Gasteiger partial charge in [0, 0.05) is 100.0 Å². The number of cyclic esters (lactones) is 5. The summed E-state index contributed by atoms with van der Waals surface area (Å²) in [5.41, 5.74) is -5.74. The predicted molar refractivity (Wildman–Crippen MR) is 468 cm³/mol. The normalized spacial score (nSPS) is 47.4. The molecule has 14 saturated carbocycles. The fourth-order valence-corrected chi connectivity index (χ4v) is 36.8. The third-order valence-corrected chi connectivity index (χ3v) is 42.2. The quantitative estimate of drug-likeness (QED) is 0.0369. The largest absolute Gasteiger partial charge is 0.490 e. The van der Waals surface area contributed by atoms with Gasteiger partial charge in [0.15, 0.2) is 0 Å². The van der Waals surface area contributed by atoms with Crippen LogP contribution in [0.3, 0.4) is 0 Å². The second-order valence-electron chi connectivity index (χ2n) is 47.3. The minimum atomic E-state index is -5.07. The van der Waals surface area contributed by atoms with Crippen LogP contribution in [0.25, 0.3) is 0 Å². The zero-order valence-electron chi connectivity index (χ0n) is 77.8. The first-order chi connectivity index (χ1) is 61.8. The van der Waals surface area contributed by atoms with Crippen molar-refractivity contribution in [1.29, 1.82) is 0 Å². The van der Waals surface area contributed by atoms with Crippen molar-refractivity contribution in [1.82, 2.24) is 0 Å². The maximum absolute atomic E-state index is 13.1. The van der Waals surface area contributed by atoms with E-state index in [2.05, 4.69) is 74.6 Å². The summed E-state index contributed by atoms with van der Waals surface area (Å²) in [6.07, 6.45) is 56.0. The molecule has 6 aliphatic heterocycles. The van der Waals surface area contributed by atoms with Gasteiger partial charge >= 0.3 is 48.0 Å². The van der Waals surface area contributed by atoms with Gasteiger partial charge in [-0.3, -0.25) is 28.8 Å². The zero-order chi connectivity index (χ0) is 89.7. The monoisotopic (exact) mass is 2250 g/mol. The Labute approximate surface area is 844 Å². The molecule has 131 heavy (non-hydrogen) atoms. The second-order valence-corrected chi connectivity index (χ2v) is 47.3. The van der Waals surface area contributed by atoms with Crippen molar-refractivity contribution in [3.63, 3.8) is 0 Å². The van der Waals surface area contributed by atoms with Crippen LogP contribution in [0.2, 0.25) is 0 Å². The van der Waals surface area contributed by atoms with E-state index in [9.17, 15) is 72.3 Å². The third kappa shape index (κ3) is 16.6. The standard InChI is InChI=1S/C28H40O3.2C19H26O3.C15H17F3O4.2C13H18O3.2Ac/c29-27-26(21-7-3-4-8-23(21)31-27)28(30,20-5-1-2-6-20)12-11-16-13-19-15-22(16)25-18-10-9-17(14-18)24(19)25;2*1-2-19(21,14-5-6-22-18(14)20)15-9-12-8-13(15)17-11-4-3-10(7-11)16(12)17;1-14(10-4-5-21-12(10)19,22-13(20)15(16,17)18)11-7-8-2-3-9(11)6-8;2*1-13(15,10-4-5-16-12(10)14)11-7-8-2-3-9(11)6-8;;/h9-10,16-26,30H,1-8,11-15H2;2*3-4,10-17,21H,2,5-9H2,1H3;2-3,8-11H,4-7H2,1H3;2*2-3,8-11,15H,4-7H2,1H3;;. The van der Waals surface area contributed by atoms with Crippen molar-refractivity contribution in [2.24, 2.45) is 225 Å². The van der Waals surface area contributed by atoms with Crippen molar-refractivity contribution in [3.8, 4) is 0 Å². The van der Waals surface area contributed by atoms with Crippen LogP contribution in [0, 0.1) is 313 Å². The molecule has 26 aliphatic rings. The number of halogens is 3. The van der Waals surface area contributed by atoms with Gasteiger partial charge < -0.3 is 58.7 Å². The van der Waals surface area contributed by atoms with E-state index in [1.54, 1.807) is 0 Å². The number of fused-ring (bicyclic) bond motifs is 34. The Morgan fingerprint density at radius 2 is 0.725 bits per heavy atom. The van der Waals surface area contributed by atoms with Gasteiger partial charge in [0.25, 0.3) is 0 Å². The van der Waals surface area contributed by atoms with Crippen molar-refractivity contribution >= 4 is 41.8 Å². The van der Waals surface area contributed by atoms with Crippen LogP contribution in [-0.2, 0) is 66.7 Å². The molecule has 24 heteroatoms. The average molecular weight is 2250 g/mol. The number of carbonyl (C=O) groups is 7. The van der Waals surface area contributed by atoms with Gasteiger partial charge in [0.05, 0.1) is 96.5 Å². The van der Waals surface area contributed by atoms with E-state index in [-0.39, 0.29) is 202 Å². The number of allylic oxidation sites excluding steroid dienone is 12. The van der Waals surface area contributed by atoms with Crippen LogP contribution >= 0.6 is 0 Å². The smallest absolute Gasteiger partial charge is 0.465 e. The SMILES string of the molecule is CC(O)(C1CCOC1=O)C1CC2C=CC1C2.CC(O)(C1CCOC1=O)C1CC2C=CC1C2.CC(OC(=O)C(F)(F)F)(C1CCOC1=O)C1CC2C=CC1C2.CCC(O)(C1CCOC1=O)C1CC2CC1C1C3C=CC(C3)C21.CCC(O)(C1CCOC1=O)C1CC2CC1C1C3C=CC(C3)C21.O=C1OC2CCCCC2C1C(O)(CCC1CC2CC1C1C3C=CC(C3)C21)C1CCCC1.[Ac].[Ac]. The molecular formula is C107H145Ac2F3O19. The number of ether oxygens (including phenoxy) is 7. The van der Waals surface area contributed by atoms with E-state index in [0.29, 0.717) is 125 Å². The molecule has 2 radical (unpaired) electrons. The van der Waals surface area contributed by atoms with E-state index in [0.717, 1.165) is 184 Å². The molecule has 0 amide bonds. The Hall–Kier alpha value is -2.80. The van der Waals surface area contributed by atoms with Crippen LogP contribution in [0.4, 0.5) is 13.2 Å². The van der Waals surface area contributed by atoms with Crippen molar-refractivity contribution < 1.29 is 194 Å². The summed E-state index contributed by atoms with van der Waals surface area (Å²) in [5, 5.41) is 56.6. The molecule has 19 nitrogen and oxygen atoms in total. The van der Waals surface area contributed by atoms with Gasteiger partial charge in [-0.2, -0.15) is 13.2 Å². The van der Waals surface area contributed by atoms with Gasteiger partial charge in [0.1, 0.15) is 11.7 Å². The van der Waals surface area contributed by atoms with Crippen LogP contribution in [-0.4, -0.2) is 146 Å². The van der Waals surface area contributed by atoms with Crippen LogP contribution in [0.1, 0.15) is 240 Å². The average Bonchev–Trinajstić information content (AvgIpc) is 1.52. The molecule has 0 aromatic carbocycles. The molecule has 20 aliphatic carbocycles. The van der Waals surface area contributed by atoms with Gasteiger partial charge in [-0.15, -0.1) is 0 Å². The fourth-order valence-electron chi connectivity index (χ4n) is 36.8. The molecule has 44 atom stereocenters. The maximum Gasteiger partial charge on any atom is 0.490 e. The van der Waals surface area contributed by atoms with Crippen molar-refractivity contribution in [3.05, 3.63) is 72.9 Å². The minimum absolute atomic E-state index is 0. The molecule has 44 unspecified atom stereocenters. The van der Waals surface area contributed by atoms with E-state index in [4.69, 9.17) is 33.2 Å². The van der Waals surface area contributed by atoms with Crippen LogP contribution in [0.15, 0.2) is 72.9 Å². The third-order valence-electron chi connectivity index (χ3n) is 42.2. The van der Waals surface area contributed by atoms with Gasteiger partial charge in [-0.1, -0.05) is 106 Å². The van der Waals surface area contributed by atoms with Crippen molar-refractivity contribution in [2.75, 3.05) is 33.0 Å². The Morgan fingerprint density at radius 1 is 0.366 bits per heavy atom. The van der Waals surface area contributed by atoms with E-state index >= 15 is 0 Å². The molecule has 0 aromatic rings. The Balaban J connectivity index is 0.000000103. The number of alkyl halides is 3. The Kier molecular flexibility index (Phi) is 27.6. The van der Waals surface area contributed by atoms with Crippen LogP contribution in [0.5, 0.6) is 0 Å². The predicted octanol–water partition coefficient (Wildman–Crippen LogP) is 16.7. The molecule has 5 N–H and O–H groups in total. The molecule has 714 valence electrons. The summed E-state index contributed by atoms with van der Waals surface area (Å²) in [5.74, 6) is 13.6. The number of hydrogen-bond acceptors (Lipinski definition) is 19. The molecule has 18 bridgehead atoms. The molecule has 0 aromatic heterocycles. The molecular weight excluding hydrogens is 2100 g/mol. The summed E-state index contributed by atoms with van der Waals surface area (Å²) in [4.78, 5) is 83.8. The maximum atomic E-state index is 13.1. The van der Waals surface area contributed by atoms with E-state index in [1.807, 2.05) is 26.0 Å². The first kappa shape index (κ1) is 97.0. The number of hydrogen-bond donors (Lipinski definition) is 5. The molecule has 6 saturated heterocycles. The summed E-state index contributed by atoms with van der Waals surface area (Å²) in [7, 11) is 0. The first-order valence-electron chi connectivity index (χ1n) is 51.8. The summed E-state index contributed by atoms with van der Waals surface area (Å²) in [6, 6.07) is 0. The zero-order valence-corrected chi connectivity index (χ0v) is 87.3. The van der Waals surface area contributed by atoms with Gasteiger partial charge in [-0.25, -0.2) is 4.79 Å². The molecule has 6 heterocycles. The minimum Gasteiger partial charge on any atom is -0.465 e. The number of esters is 7. The summed E-state index contributed by atoms with van der Waals surface area (Å²) < 4.78 is 73.9. The number of rotatable bonds is 18. The summed E-state index contributed by atoms with van der Waals surface area (Å²) in [6.45, 7) is 11.3. The van der Waals surface area contributed by atoms with E-state index < -0.39 is 57.6 Å². The topological polar surface area (TPSA) is 285 Å².